The summed E-state index contributed by atoms with van der Waals surface area (Å²) in [6.45, 7) is 0.489. The van der Waals surface area contributed by atoms with E-state index in [1.165, 1.54) is 0 Å². The van der Waals surface area contributed by atoms with Crippen molar-refractivity contribution >= 4 is 28.8 Å². The molecule has 1 saturated carbocycles. The van der Waals surface area contributed by atoms with E-state index in [1.807, 2.05) is 41.5 Å². The van der Waals surface area contributed by atoms with Crippen molar-refractivity contribution in [3.63, 3.8) is 0 Å². The highest BCUT2D eigenvalue weighted by Gasteiger charge is 2.34. The monoisotopic (exact) mass is 456 g/mol. The minimum atomic E-state index is -0.00304. The Bertz CT molecular complexity index is 1200. The molecule has 1 atom stereocenters. The van der Waals surface area contributed by atoms with E-state index in [1.54, 1.807) is 19.6 Å². The topological polar surface area (TPSA) is 66.9 Å². The van der Waals surface area contributed by atoms with Crippen molar-refractivity contribution in [3.8, 4) is 0 Å². The first kappa shape index (κ1) is 21.0. The Morgan fingerprint density at radius 2 is 2.09 bits per heavy atom. The van der Waals surface area contributed by atoms with Crippen LogP contribution in [0.4, 0.5) is 22.9 Å². The zero-order valence-corrected chi connectivity index (χ0v) is 19.2. The fraction of sp³-hybridized carbons (Fsp3) is 0.333. The van der Waals surface area contributed by atoms with Gasteiger partial charge in [-0.05, 0) is 56.0 Å². The number of carbonyl (C=O) groups is 1. The molecule has 1 aromatic heterocycles. The van der Waals surface area contributed by atoms with Gasteiger partial charge in [0.05, 0.1) is 24.0 Å². The Hall–Kier alpha value is -3.58. The maximum Gasteiger partial charge on any atom is 0.230 e. The van der Waals surface area contributed by atoms with Crippen molar-refractivity contribution in [1.82, 2.24) is 4.98 Å². The van der Waals surface area contributed by atoms with E-state index < -0.39 is 0 Å². The third kappa shape index (κ3) is 3.66. The van der Waals surface area contributed by atoms with E-state index in [-0.39, 0.29) is 24.0 Å². The maximum absolute atomic E-state index is 13.9. The largest absolute Gasteiger partial charge is 0.465 e. The Balaban J connectivity index is 1.38. The molecule has 2 aliphatic heterocycles. The van der Waals surface area contributed by atoms with Gasteiger partial charge < -0.3 is 24.6 Å². The third-order valence-electron chi connectivity index (χ3n) is 7.24. The van der Waals surface area contributed by atoms with Crippen molar-refractivity contribution in [2.24, 2.45) is 5.92 Å². The lowest BCUT2D eigenvalue weighted by molar-refractivity contribution is -0.124. The first-order chi connectivity index (χ1) is 16.7. The molecular weight excluding hydrogens is 428 g/mol. The van der Waals surface area contributed by atoms with Crippen molar-refractivity contribution in [1.29, 1.82) is 0 Å². The van der Waals surface area contributed by atoms with Gasteiger partial charge in [-0.25, -0.2) is 4.98 Å². The summed E-state index contributed by atoms with van der Waals surface area (Å²) in [4.78, 5) is 22.6. The number of rotatable bonds is 3. The van der Waals surface area contributed by atoms with Crippen LogP contribution >= 0.6 is 0 Å². The van der Waals surface area contributed by atoms with Crippen molar-refractivity contribution in [2.75, 3.05) is 22.2 Å². The van der Waals surface area contributed by atoms with Gasteiger partial charge in [-0.2, -0.15) is 0 Å². The summed E-state index contributed by atoms with van der Waals surface area (Å²) in [5.74, 6) is 1.86. The number of nitrogens with zero attached hydrogens (tertiary/aromatic N) is 3. The van der Waals surface area contributed by atoms with Crippen LogP contribution in [0.5, 0.6) is 0 Å². The minimum absolute atomic E-state index is 0.00304. The number of allylic oxidation sites excluding steroid dienone is 2. The average Bonchev–Trinajstić information content (AvgIpc) is 3.31. The van der Waals surface area contributed by atoms with Crippen LogP contribution in [0.1, 0.15) is 31.2 Å². The maximum atomic E-state index is 13.9. The van der Waals surface area contributed by atoms with Gasteiger partial charge in [0.1, 0.15) is 23.9 Å². The second-order valence-electron chi connectivity index (χ2n) is 9.18. The van der Waals surface area contributed by atoms with Crippen LogP contribution in [0.3, 0.4) is 0 Å². The molecule has 0 bridgehead atoms. The van der Waals surface area contributed by atoms with Gasteiger partial charge in [-0.1, -0.05) is 18.2 Å². The van der Waals surface area contributed by atoms with E-state index in [9.17, 15) is 4.79 Å². The number of ether oxygens (including phenoxy) is 2. The molecule has 1 fully saturated rings. The molecule has 0 unspecified atom stereocenters. The number of carbonyl (C=O) groups excluding carboxylic acids is 1. The quantitative estimate of drug-likeness (QED) is 0.701. The van der Waals surface area contributed by atoms with Crippen LogP contribution < -0.4 is 15.1 Å². The zero-order chi connectivity index (χ0) is 23.1. The molecule has 1 aromatic carbocycles. The van der Waals surface area contributed by atoms with Gasteiger partial charge in [0, 0.05) is 36.7 Å². The highest BCUT2D eigenvalue weighted by Crippen LogP contribution is 2.41. The van der Waals surface area contributed by atoms with Crippen LogP contribution in [0, 0.1) is 5.92 Å². The van der Waals surface area contributed by atoms with E-state index in [0.717, 1.165) is 59.9 Å². The fourth-order valence-corrected chi connectivity index (χ4v) is 5.34. The Labute approximate surface area is 199 Å². The molecule has 0 saturated heterocycles. The van der Waals surface area contributed by atoms with Crippen molar-refractivity contribution in [3.05, 3.63) is 78.5 Å². The van der Waals surface area contributed by atoms with Crippen LogP contribution in [0.2, 0.25) is 0 Å². The zero-order valence-electron chi connectivity index (χ0n) is 19.2. The number of pyridine rings is 1. The normalized spacial score (nSPS) is 24.9. The highest BCUT2D eigenvalue weighted by molar-refractivity contribution is 6.00. The summed E-state index contributed by atoms with van der Waals surface area (Å²) < 4.78 is 11.2. The van der Waals surface area contributed by atoms with E-state index >= 15 is 0 Å². The van der Waals surface area contributed by atoms with Gasteiger partial charge in [0.25, 0.3) is 0 Å². The lowest BCUT2D eigenvalue weighted by Gasteiger charge is -2.34. The summed E-state index contributed by atoms with van der Waals surface area (Å²) in [7, 11) is 1.76. The lowest BCUT2D eigenvalue weighted by Crippen LogP contribution is -2.38. The molecule has 6 rings (SSSR count). The molecule has 34 heavy (non-hydrogen) atoms. The van der Waals surface area contributed by atoms with Crippen LogP contribution in [-0.2, 0) is 20.8 Å². The number of hydrogen-bond acceptors (Lipinski definition) is 6. The van der Waals surface area contributed by atoms with E-state index in [2.05, 4.69) is 33.4 Å². The van der Waals surface area contributed by atoms with E-state index in [4.69, 9.17) is 9.47 Å². The molecule has 2 aliphatic carbocycles. The summed E-state index contributed by atoms with van der Waals surface area (Å²) in [5, 5.41) is 3.47. The molecule has 3 heterocycles. The van der Waals surface area contributed by atoms with Gasteiger partial charge >= 0.3 is 0 Å². The number of fused-ring (bicyclic) bond motifs is 3. The second-order valence-corrected chi connectivity index (χ2v) is 9.18. The predicted octanol–water partition coefficient (Wildman–Crippen LogP) is 5.01. The van der Waals surface area contributed by atoms with Crippen molar-refractivity contribution in [2.45, 2.75) is 44.4 Å². The first-order valence-electron chi connectivity index (χ1n) is 11.9. The fourth-order valence-electron chi connectivity index (χ4n) is 5.34. The molecule has 1 amide bonds. The van der Waals surface area contributed by atoms with Gasteiger partial charge in [-0.15, -0.1) is 0 Å². The standard InChI is InChI=1S/C27H28N4O3/c1-33-21-10-7-18(8-11-21)27(32)31-17-19-4-3-13-28-26(19)29-22-12-9-20(16-24(22)31)30-14-15-34-25-6-2-5-23(25)30/h2-6,9,12-16,18,21,23H,7-8,10-11,17H2,1H3,(H,28,29)/t18-,21-,23-/m1/s1. The van der Waals surface area contributed by atoms with Gasteiger partial charge in [0.2, 0.25) is 5.91 Å². The summed E-state index contributed by atoms with van der Waals surface area (Å²) >= 11 is 0. The summed E-state index contributed by atoms with van der Waals surface area (Å²) in [6, 6.07) is 10.2. The molecule has 4 aliphatic rings. The second kappa shape index (κ2) is 8.65. The van der Waals surface area contributed by atoms with Crippen LogP contribution in [-0.4, -0.2) is 30.1 Å². The number of aromatic nitrogens is 1. The van der Waals surface area contributed by atoms with E-state index in [0.29, 0.717) is 6.54 Å². The third-order valence-corrected chi connectivity index (χ3v) is 7.24. The molecule has 174 valence electrons. The van der Waals surface area contributed by atoms with Crippen molar-refractivity contribution < 1.29 is 14.3 Å². The number of benzene rings is 1. The SMILES string of the molecule is CO[C@H]1CC[C@H](C(=O)N2Cc3cccnc3Nc3ccc(N4C=COC5=CC=C[C@H]54)cc32)CC1. The summed E-state index contributed by atoms with van der Waals surface area (Å²) in [5.41, 5.74) is 3.77. The molecule has 7 nitrogen and oxygen atoms in total. The summed E-state index contributed by atoms with van der Waals surface area (Å²) in [6.07, 6.45) is 15.3. The smallest absolute Gasteiger partial charge is 0.230 e. The molecular formula is C27H28N4O3. The molecule has 1 N–H and O–H groups in total. The van der Waals surface area contributed by atoms with Crippen LogP contribution in [0.15, 0.2) is 73.0 Å². The molecule has 7 heteroatoms. The Morgan fingerprint density at radius 1 is 1.21 bits per heavy atom. The van der Waals surface area contributed by atoms with Gasteiger partial charge in [-0.3, -0.25) is 4.79 Å². The number of hydrogen-bond donors (Lipinski definition) is 1. The highest BCUT2D eigenvalue weighted by atomic mass is 16.5. The molecule has 2 aromatic rings. The average molecular weight is 457 g/mol. The number of anilines is 4. The minimum Gasteiger partial charge on any atom is -0.465 e. The predicted molar refractivity (Wildman–Crippen MR) is 132 cm³/mol. The number of methoxy groups -OCH3 is 1. The lowest BCUT2D eigenvalue weighted by atomic mass is 9.86. The van der Waals surface area contributed by atoms with Gasteiger partial charge in [0.15, 0.2) is 0 Å². The number of amides is 1. The number of nitrogens with one attached hydrogen (secondary N) is 1. The first-order valence-corrected chi connectivity index (χ1v) is 11.9. The Kier molecular flexibility index (Phi) is 5.34. The van der Waals surface area contributed by atoms with Crippen LogP contribution in [0.25, 0.3) is 0 Å². The Morgan fingerprint density at radius 3 is 2.94 bits per heavy atom. The molecule has 0 spiro atoms. The molecule has 0 radical (unpaired) electrons.